The second-order valence-electron chi connectivity index (χ2n) is 7.16. The van der Waals surface area contributed by atoms with Gasteiger partial charge in [-0.3, -0.25) is 19.9 Å². The topological polar surface area (TPSA) is 89.2 Å². The Bertz CT molecular complexity index is 1290. The maximum Gasteiger partial charge on any atom is 0.273 e. The Morgan fingerprint density at radius 1 is 1.03 bits per heavy atom. The minimum absolute atomic E-state index is 0.000559. The zero-order valence-electron chi connectivity index (χ0n) is 15.9. The first-order valence-corrected chi connectivity index (χ1v) is 9.46. The van der Waals surface area contributed by atoms with E-state index in [-0.39, 0.29) is 11.6 Å². The minimum Gasteiger partial charge on any atom is -0.329 e. The van der Waals surface area contributed by atoms with Crippen LogP contribution in [0.3, 0.4) is 0 Å². The Hall–Kier alpha value is -4.13. The van der Waals surface area contributed by atoms with Crippen molar-refractivity contribution in [3.8, 4) is 11.1 Å². The van der Waals surface area contributed by atoms with E-state index in [0.29, 0.717) is 29.7 Å². The molecule has 2 aromatic carbocycles. The third-order valence-electron chi connectivity index (χ3n) is 5.30. The first kappa shape index (κ1) is 17.9. The maximum absolute atomic E-state index is 13.1. The van der Waals surface area contributed by atoms with E-state index in [2.05, 4.69) is 9.97 Å². The highest BCUT2D eigenvalue weighted by molar-refractivity contribution is 6.06. The molecule has 30 heavy (non-hydrogen) atoms. The van der Waals surface area contributed by atoms with E-state index in [9.17, 15) is 14.9 Å². The van der Waals surface area contributed by atoms with E-state index >= 15 is 0 Å². The van der Waals surface area contributed by atoms with Crippen LogP contribution in [0.2, 0.25) is 0 Å². The van der Waals surface area contributed by atoms with Gasteiger partial charge in [-0.25, -0.2) is 4.98 Å². The minimum atomic E-state index is -0.414. The number of fused-ring (bicyclic) bond motifs is 2. The van der Waals surface area contributed by atoms with Crippen molar-refractivity contribution in [2.45, 2.75) is 13.1 Å². The van der Waals surface area contributed by atoms with Crippen LogP contribution >= 0.6 is 0 Å². The molecule has 0 bridgehead atoms. The number of carbonyl (C=O) groups excluding carboxylic acids is 1. The molecule has 0 saturated heterocycles. The first-order valence-electron chi connectivity index (χ1n) is 9.46. The molecule has 3 heterocycles. The first-order chi connectivity index (χ1) is 14.6. The molecule has 0 radical (unpaired) electrons. The third kappa shape index (κ3) is 2.97. The lowest BCUT2D eigenvalue weighted by Crippen LogP contribution is -2.23. The zero-order chi connectivity index (χ0) is 20.7. The van der Waals surface area contributed by atoms with E-state index in [1.807, 2.05) is 42.5 Å². The van der Waals surface area contributed by atoms with E-state index in [0.717, 1.165) is 22.3 Å². The quantitative estimate of drug-likeness (QED) is 0.378. The molecule has 0 saturated carbocycles. The molecule has 0 spiro atoms. The Labute approximate surface area is 171 Å². The summed E-state index contributed by atoms with van der Waals surface area (Å²) in [7, 11) is 0. The molecule has 146 valence electrons. The van der Waals surface area contributed by atoms with Gasteiger partial charge in [0.2, 0.25) is 0 Å². The number of hydrogen-bond acceptors (Lipinski definition) is 5. The molecule has 0 unspecified atom stereocenters. The van der Waals surface area contributed by atoms with Gasteiger partial charge in [-0.2, -0.15) is 0 Å². The van der Waals surface area contributed by atoms with Crippen LogP contribution in [0.4, 0.5) is 5.69 Å². The van der Waals surface area contributed by atoms with Crippen LogP contribution in [0, 0.1) is 10.1 Å². The molecule has 4 aromatic rings. The van der Waals surface area contributed by atoms with Gasteiger partial charge in [-0.15, -0.1) is 0 Å². The summed E-state index contributed by atoms with van der Waals surface area (Å²) in [6, 6.07) is 18.0. The smallest absolute Gasteiger partial charge is 0.273 e. The van der Waals surface area contributed by atoms with Crippen molar-refractivity contribution >= 4 is 22.5 Å². The van der Waals surface area contributed by atoms with Crippen molar-refractivity contribution in [3.05, 3.63) is 100.0 Å². The molecule has 1 aliphatic rings. The monoisotopic (exact) mass is 396 g/mol. The Morgan fingerprint density at radius 2 is 1.80 bits per heavy atom. The highest BCUT2D eigenvalue weighted by Gasteiger charge is 2.33. The number of rotatable bonds is 4. The van der Waals surface area contributed by atoms with Crippen molar-refractivity contribution in [1.29, 1.82) is 0 Å². The van der Waals surface area contributed by atoms with Crippen LogP contribution < -0.4 is 0 Å². The summed E-state index contributed by atoms with van der Waals surface area (Å²) in [5, 5.41) is 12.0. The predicted octanol–water partition coefficient (Wildman–Crippen LogP) is 4.36. The van der Waals surface area contributed by atoms with E-state index < -0.39 is 4.92 Å². The molecular formula is C23H16N4O3. The zero-order valence-corrected chi connectivity index (χ0v) is 15.9. The summed E-state index contributed by atoms with van der Waals surface area (Å²) in [6.07, 6.45) is 3.40. The van der Waals surface area contributed by atoms with Crippen LogP contribution in [0.15, 0.2) is 73.1 Å². The highest BCUT2D eigenvalue weighted by atomic mass is 16.6. The molecular weight excluding hydrogens is 380 g/mol. The number of nitrogens with zero attached hydrogens (tertiary/aromatic N) is 4. The van der Waals surface area contributed by atoms with E-state index in [4.69, 9.17) is 0 Å². The lowest BCUT2D eigenvalue weighted by atomic mass is 9.95. The van der Waals surface area contributed by atoms with Crippen LogP contribution in [-0.4, -0.2) is 25.7 Å². The SMILES string of the molecule is O=C1c2nc3ccc([N+](=O)[O-])cc3c(-c3ccccc3)c2CN1Cc1ccncc1. The van der Waals surface area contributed by atoms with Crippen LogP contribution in [0.5, 0.6) is 0 Å². The fraction of sp³-hybridized carbons (Fsp3) is 0.0870. The molecule has 1 amide bonds. The number of hydrogen-bond donors (Lipinski definition) is 0. The van der Waals surface area contributed by atoms with Gasteiger partial charge in [0.05, 0.1) is 10.4 Å². The summed E-state index contributed by atoms with van der Waals surface area (Å²) in [5.41, 5.74) is 4.48. The number of pyridine rings is 2. The number of amides is 1. The lowest BCUT2D eigenvalue weighted by molar-refractivity contribution is -0.384. The van der Waals surface area contributed by atoms with Crippen molar-refractivity contribution < 1.29 is 9.72 Å². The Morgan fingerprint density at radius 3 is 2.53 bits per heavy atom. The Kier molecular flexibility index (Phi) is 4.21. The number of aromatic nitrogens is 2. The molecule has 7 heteroatoms. The number of nitro benzene ring substituents is 1. The highest BCUT2D eigenvalue weighted by Crippen LogP contribution is 2.38. The van der Waals surface area contributed by atoms with Crippen molar-refractivity contribution in [1.82, 2.24) is 14.9 Å². The molecule has 0 atom stereocenters. The molecule has 0 aliphatic carbocycles. The average Bonchev–Trinajstić information content (AvgIpc) is 3.08. The standard InChI is InChI=1S/C23H16N4O3/c28-23-22-19(14-26(23)13-15-8-10-24-11-9-15)21(16-4-2-1-3-5-16)18-12-17(27(29)30)6-7-20(18)25-22/h1-12H,13-14H2. The summed E-state index contributed by atoms with van der Waals surface area (Å²) in [4.78, 5) is 34.4. The van der Waals surface area contributed by atoms with Gasteiger partial charge in [0.15, 0.2) is 0 Å². The maximum atomic E-state index is 13.1. The molecule has 0 fully saturated rings. The van der Waals surface area contributed by atoms with Crippen molar-refractivity contribution in [2.24, 2.45) is 0 Å². The van der Waals surface area contributed by atoms with Gasteiger partial charge < -0.3 is 4.90 Å². The summed E-state index contributed by atoms with van der Waals surface area (Å²) in [5.74, 6) is -0.140. The summed E-state index contributed by atoms with van der Waals surface area (Å²) < 4.78 is 0. The fourth-order valence-corrected chi connectivity index (χ4v) is 3.92. The van der Waals surface area contributed by atoms with Gasteiger partial charge in [-0.1, -0.05) is 30.3 Å². The number of benzene rings is 2. The molecule has 2 aromatic heterocycles. The number of non-ortho nitro benzene ring substituents is 1. The van der Waals surface area contributed by atoms with Gasteiger partial charge in [0.1, 0.15) is 5.69 Å². The predicted molar refractivity (Wildman–Crippen MR) is 112 cm³/mol. The average molecular weight is 396 g/mol. The van der Waals surface area contributed by atoms with E-state index in [1.165, 1.54) is 6.07 Å². The summed E-state index contributed by atoms with van der Waals surface area (Å²) in [6.45, 7) is 0.842. The molecule has 7 nitrogen and oxygen atoms in total. The second kappa shape index (κ2) is 7.04. The van der Waals surface area contributed by atoms with Crippen molar-refractivity contribution in [3.63, 3.8) is 0 Å². The number of carbonyl (C=O) groups is 1. The fourth-order valence-electron chi connectivity index (χ4n) is 3.92. The Balaban J connectivity index is 1.70. The molecule has 5 rings (SSSR count). The van der Waals surface area contributed by atoms with Gasteiger partial charge >= 0.3 is 0 Å². The molecule has 0 N–H and O–H groups in total. The van der Waals surface area contributed by atoms with Gasteiger partial charge in [0, 0.05) is 48.6 Å². The van der Waals surface area contributed by atoms with Crippen LogP contribution in [-0.2, 0) is 13.1 Å². The van der Waals surface area contributed by atoms with E-state index in [1.54, 1.807) is 29.4 Å². The lowest BCUT2D eigenvalue weighted by Gasteiger charge is -2.15. The largest absolute Gasteiger partial charge is 0.329 e. The number of nitro groups is 1. The van der Waals surface area contributed by atoms with Gasteiger partial charge in [0.25, 0.3) is 11.6 Å². The second-order valence-corrected chi connectivity index (χ2v) is 7.16. The third-order valence-corrected chi connectivity index (χ3v) is 5.30. The summed E-state index contributed by atoms with van der Waals surface area (Å²) >= 11 is 0. The van der Waals surface area contributed by atoms with Crippen molar-refractivity contribution in [2.75, 3.05) is 0 Å². The van der Waals surface area contributed by atoms with Crippen LogP contribution in [0.25, 0.3) is 22.0 Å². The van der Waals surface area contributed by atoms with Gasteiger partial charge in [-0.05, 0) is 34.9 Å². The molecule has 1 aliphatic heterocycles. The normalized spacial score (nSPS) is 12.9. The van der Waals surface area contributed by atoms with Crippen LogP contribution in [0.1, 0.15) is 21.6 Å².